The smallest absolute Gasteiger partial charge is 0.317 e. The van der Waals surface area contributed by atoms with Gasteiger partial charge in [0.25, 0.3) is 0 Å². The molecular weight excluding hydrogens is 244 g/mol. The molecule has 0 aromatic heterocycles. The Hall–Kier alpha value is -1.30. The molecule has 108 valence electrons. The highest BCUT2D eigenvalue weighted by atomic mass is 16.2. The summed E-state index contributed by atoms with van der Waals surface area (Å²) in [7, 11) is 0. The first-order valence-corrected chi connectivity index (χ1v) is 7.24. The maximum absolute atomic E-state index is 12.1. The van der Waals surface area contributed by atoms with Gasteiger partial charge in [0.1, 0.15) is 0 Å². The molecule has 1 unspecified atom stereocenters. The fraction of sp³-hybridized carbons (Fsp3) is 0.846. The molecule has 3 amide bonds. The first-order chi connectivity index (χ1) is 9.22. The lowest BCUT2D eigenvalue weighted by Crippen LogP contribution is -2.53. The minimum absolute atomic E-state index is 0.0129. The third-order valence-electron chi connectivity index (χ3n) is 3.93. The standard InChI is InChI=1S/C13H24N4O2/c14-6-4-2-1-3-5-12(18)16-7-8-17-11(10-16)9-15-13(17)19/h11H,1-10,14H2,(H,15,19). The minimum atomic E-state index is 0.0129. The molecule has 0 aromatic carbocycles. The van der Waals surface area contributed by atoms with Crippen LogP contribution >= 0.6 is 0 Å². The van der Waals surface area contributed by atoms with Crippen molar-refractivity contribution in [1.82, 2.24) is 15.1 Å². The van der Waals surface area contributed by atoms with Gasteiger partial charge >= 0.3 is 6.03 Å². The summed E-state index contributed by atoms with van der Waals surface area (Å²) in [6, 6.07) is 0.182. The number of carbonyl (C=O) groups is 2. The van der Waals surface area contributed by atoms with Crippen molar-refractivity contribution in [2.75, 3.05) is 32.7 Å². The van der Waals surface area contributed by atoms with E-state index in [0.29, 0.717) is 32.6 Å². The van der Waals surface area contributed by atoms with E-state index in [1.54, 1.807) is 0 Å². The number of unbranched alkanes of at least 4 members (excludes halogenated alkanes) is 3. The van der Waals surface area contributed by atoms with Crippen molar-refractivity contribution in [1.29, 1.82) is 0 Å². The van der Waals surface area contributed by atoms with Gasteiger partial charge in [-0.2, -0.15) is 0 Å². The summed E-state index contributed by atoms with van der Waals surface area (Å²) in [5, 5.41) is 2.82. The first kappa shape index (κ1) is 14.1. The van der Waals surface area contributed by atoms with Crippen LogP contribution in [0.4, 0.5) is 4.79 Å². The molecule has 0 spiro atoms. The number of rotatable bonds is 6. The van der Waals surface area contributed by atoms with E-state index in [2.05, 4.69) is 5.32 Å². The Morgan fingerprint density at radius 3 is 2.84 bits per heavy atom. The van der Waals surface area contributed by atoms with Gasteiger partial charge in [0.15, 0.2) is 0 Å². The zero-order valence-electron chi connectivity index (χ0n) is 11.4. The lowest BCUT2D eigenvalue weighted by molar-refractivity contribution is -0.133. The fourth-order valence-electron chi connectivity index (χ4n) is 2.76. The molecule has 2 aliphatic rings. The van der Waals surface area contributed by atoms with Crippen molar-refractivity contribution in [3.8, 4) is 0 Å². The molecule has 0 bridgehead atoms. The normalized spacial score (nSPS) is 22.4. The first-order valence-electron chi connectivity index (χ1n) is 7.24. The number of nitrogens with one attached hydrogen (secondary N) is 1. The van der Waals surface area contributed by atoms with Gasteiger partial charge in [0.2, 0.25) is 5.91 Å². The van der Waals surface area contributed by atoms with Crippen LogP contribution in [-0.4, -0.2) is 60.5 Å². The molecule has 2 fully saturated rings. The number of hydrogen-bond acceptors (Lipinski definition) is 3. The Labute approximate surface area is 114 Å². The van der Waals surface area contributed by atoms with Crippen molar-refractivity contribution in [2.24, 2.45) is 5.73 Å². The molecule has 2 saturated heterocycles. The lowest BCUT2D eigenvalue weighted by atomic mass is 10.1. The summed E-state index contributed by atoms with van der Waals surface area (Å²) < 4.78 is 0. The van der Waals surface area contributed by atoms with Gasteiger partial charge in [-0.3, -0.25) is 4.79 Å². The average molecular weight is 268 g/mol. The third kappa shape index (κ3) is 3.59. The summed E-state index contributed by atoms with van der Waals surface area (Å²) in [6.45, 7) is 3.42. The minimum Gasteiger partial charge on any atom is -0.339 e. The predicted octanol–water partition coefficient (Wildman–Crippen LogP) is 0.132. The van der Waals surface area contributed by atoms with Crippen LogP contribution in [0.3, 0.4) is 0 Å². The summed E-state index contributed by atoms with van der Waals surface area (Å²) in [4.78, 5) is 27.3. The van der Waals surface area contributed by atoms with Crippen LogP contribution in [0.5, 0.6) is 0 Å². The third-order valence-corrected chi connectivity index (χ3v) is 3.93. The monoisotopic (exact) mass is 268 g/mol. The Morgan fingerprint density at radius 1 is 1.26 bits per heavy atom. The van der Waals surface area contributed by atoms with Crippen LogP contribution in [0.1, 0.15) is 32.1 Å². The Morgan fingerprint density at radius 2 is 2.05 bits per heavy atom. The van der Waals surface area contributed by atoms with Gasteiger partial charge in [0.05, 0.1) is 6.04 Å². The van der Waals surface area contributed by atoms with Gasteiger partial charge in [-0.25, -0.2) is 4.79 Å². The van der Waals surface area contributed by atoms with Crippen molar-refractivity contribution >= 4 is 11.9 Å². The molecule has 0 aliphatic carbocycles. The summed E-state index contributed by atoms with van der Waals surface area (Å²) >= 11 is 0. The van der Waals surface area contributed by atoms with E-state index in [-0.39, 0.29) is 18.0 Å². The Bertz CT molecular complexity index is 335. The van der Waals surface area contributed by atoms with Gasteiger partial charge in [-0.15, -0.1) is 0 Å². The largest absolute Gasteiger partial charge is 0.339 e. The predicted molar refractivity (Wildman–Crippen MR) is 72.6 cm³/mol. The van der Waals surface area contributed by atoms with Crippen LogP contribution in [-0.2, 0) is 4.79 Å². The van der Waals surface area contributed by atoms with E-state index in [1.165, 1.54) is 0 Å². The Kier molecular flexibility index (Phi) is 5.01. The van der Waals surface area contributed by atoms with Gasteiger partial charge in [0, 0.05) is 32.6 Å². The second-order valence-electron chi connectivity index (χ2n) is 5.33. The maximum atomic E-state index is 12.1. The summed E-state index contributed by atoms with van der Waals surface area (Å²) in [5.41, 5.74) is 5.43. The molecule has 2 aliphatic heterocycles. The number of nitrogens with two attached hydrogens (primary N) is 1. The summed E-state index contributed by atoms with van der Waals surface area (Å²) in [6.07, 6.45) is 4.80. The number of fused-ring (bicyclic) bond motifs is 1. The summed E-state index contributed by atoms with van der Waals surface area (Å²) in [5.74, 6) is 0.228. The Balaban J connectivity index is 1.68. The number of carbonyl (C=O) groups excluding carboxylic acids is 2. The number of hydrogen-bond donors (Lipinski definition) is 2. The molecule has 2 heterocycles. The molecule has 0 aromatic rings. The molecule has 0 saturated carbocycles. The van der Waals surface area contributed by atoms with Crippen molar-refractivity contribution in [2.45, 2.75) is 38.1 Å². The van der Waals surface area contributed by atoms with E-state index in [0.717, 1.165) is 32.2 Å². The highest BCUT2D eigenvalue weighted by Gasteiger charge is 2.36. The van der Waals surface area contributed by atoms with Gasteiger partial charge in [-0.1, -0.05) is 12.8 Å². The topological polar surface area (TPSA) is 78.7 Å². The van der Waals surface area contributed by atoms with Crippen LogP contribution in [0, 0.1) is 0 Å². The van der Waals surface area contributed by atoms with Gasteiger partial charge in [-0.05, 0) is 19.4 Å². The molecule has 6 heteroatoms. The molecule has 3 N–H and O–H groups in total. The number of urea groups is 1. The zero-order valence-corrected chi connectivity index (χ0v) is 11.4. The van der Waals surface area contributed by atoms with Crippen LogP contribution < -0.4 is 11.1 Å². The second kappa shape index (κ2) is 6.75. The molecule has 0 radical (unpaired) electrons. The average Bonchev–Trinajstić information content (AvgIpc) is 2.79. The van der Waals surface area contributed by atoms with E-state index in [9.17, 15) is 9.59 Å². The van der Waals surface area contributed by atoms with E-state index in [4.69, 9.17) is 5.73 Å². The van der Waals surface area contributed by atoms with Crippen LogP contribution in [0.25, 0.3) is 0 Å². The molecule has 19 heavy (non-hydrogen) atoms. The lowest BCUT2D eigenvalue weighted by Gasteiger charge is -2.36. The van der Waals surface area contributed by atoms with Crippen molar-refractivity contribution < 1.29 is 9.59 Å². The van der Waals surface area contributed by atoms with E-state index >= 15 is 0 Å². The molecule has 1 atom stereocenters. The molecule has 6 nitrogen and oxygen atoms in total. The fourth-order valence-corrected chi connectivity index (χ4v) is 2.76. The molecule has 2 rings (SSSR count). The zero-order chi connectivity index (χ0) is 13.7. The van der Waals surface area contributed by atoms with Crippen molar-refractivity contribution in [3.05, 3.63) is 0 Å². The second-order valence-corrected chi connectivity index (χ2v) is 5.33. The quantitative estimate of drug-likeness (QED) is 0.672. The number of amides is 3. The maximum Gasteiger partial charge on any atom is 0.317 e. The highest BCUT2D eigenvalue weighted by Crippen LogP contribution is 2.15. The highest BCUT2D eigenvalue weighted by molar-refractivity contribution is 5.79. The van der Waals surface area contributed by atoms with E-state index in [1.807, 2.05) is 9.80 Å². The van der Waals surface area contributed by atoms with Gasteiger partial charge < -0.3 is 20.9 Å². The van der Waals surface area contributed by atoms with Crippen LogP contribution in [0.15, 0.2) is 0 Å². The number of piperazine rings is 1. The number of nitrogens with zero attached hydrogens (tertiary/aromatic N) is 2. The van der Waals surface area contributed by atoms with Crippen LogP contribution in [0.2, 0.25) is 0 Å². The van der Waals surface area contributed by atoms with Crippen molar-refractivity contribution in [3.63, 3.8) is 0 Å². The molecular formula is C13H24N4O2. The SMILES string of the molecule is NCCCCCCC(=O)N1CCN2C(=O)NCC2C1. The van der Waals surface area contributed by atoms with E-state index < -0.39 is 0 Å².